The van der Waals surface area contributed by atoms with E-state index in [-0.39, 0.29) is 11.8 Å². The first kappa shape index (κ1) is 18.6. The number of aromatic nitrogens is 1. The van der Waals surface area contributed by atoms with Gasteiger partial charge in [0.1, 0.15) is 0 Å². The molecule has 1 aliphatic rings. The molecule has 0 spiro atoms. The standard InChI is InChI=1S/C22H23N3O2S/c1-15-8-9-18-19(14-15)28-21(23-18)24-20(27)22(17-6-4-3-5-7-17)10-12-25(13-11-22)16(2)26/h3-9,14H,10-13H2,1-2H3,(H,23,24,27). The predicted octanol–water partition coefficient (Wildman–Crippen LogP) is 4.12. The summed E-state index contributed by atoms with van der Waals surface area (Å²) in [5.41, 5.74) is 2.41. The van der Waals surface area contributed by atoms with E-state index in [0.717, 1.165) is 15.8 Å². The van der Waals surface area contributed by atoms with Gasteiger partial charge in [-0.25, -0.2) is 4.98 Å². The number of amides is 2. The molecule has 1 fully saturated rings. The number of carbonyl (C=O) groups is 2. The quantitative estimate of drug-likeness (QED) is 0.728. The number of thiazole rings is 1. The second kappa shape index (κ2) is 7.36. The van der Waals surface area contributed by atoms with Gasteiger partial charge in [-0.05, 0) is 43.0 Å². The van der Waals surface area contributed by atoms with Gasteiger partial charge in [0.25, 0.3) is 0 Å². The van der Waals surface area contributed by atoms with Gasteiger partial charge < -0.3 is 10.2 Å². The van der Waals surface area contributed by atoms with Gasteiger partial charge in [-0.2, -0.15) is 0 Å². The van der Waals surface area contributed by atoms with Crippen LogP contribution in [0.1, 0.15) is 30.9 Å². The Balaban J connectivity index is 1.64. The lowest BCUT2D eigenvalue weighted by atomic mass is 9.72. The van der Waals surface area contributed by atoms with Crippen LogP contribution in [0.4, 0.5) is 5.13 Å². The number of likely N-dealkylation sites (tertiary alicyclic amines) is 1. The Morgan fingerprint density at radius 1 is 1.11 bits per heavy atom. The van der Waals surface area contributed by atoms with Gasteiger partial charge in [-0.1, -0.05) is 47.7 Å². The van der Waals surface area contributed by atoms with Crippen LogP contribution in [0.5, 0.6) is 0 Å². The van der Waals surface area contributed by atoms with Crippen LogP contribution >= 0.6 is 11.3 Å². The highest BCUT2D eigenvalue weighted by molar-refractivity contribution is 7.22. The van der Waals surface area contributed by atoms with Gasteiger partial charge >= 0.3 is 0 Å². The minimum Gasteiger partial charge on any atom is -0.343 e. The number of nitrogens with zero attached hydrogens (tertiary/aromatic N) is 2. The lowest BCUT2D eigenvalue weighted by molar-refractivity contribution is -0.133. The first-order valence-electron chi connectivity index (χ1n) is 9.48. The van der Waals surface area contributed by atoms with Crippen LogP contribution < -0.4 is 5.32 Å². The normalized spacial score (nSPS) is 16.1. The molecule has 1 saturated heterocycles. The van der Waals surface area contributed by atoms with Crippen molar-refractivity contribution in [1.82, 2.24) is 9.88 Å². The van der Waals surface area contributed by atoms with Crippen molar-refractivity contribution >= 4 is 38.5 Å². The molecule has 0 unspecified atom stereocenters. The molecular formula is C22H23N3O2S. The van der Waals surface area contributed by atoms with Crippen molar-refractivity contribution in [3.63, 3.8) is 0 Å². The molecule has 6 heteroatoms. The minimum absolute atomic E-state index is 0.0438. The highest BCUT2D eigenvalue weighted by atomic mass is 32.1. The van der Waals surface area contributed by atoms with E-state index in [4.69, 9.17) is 0 Å². The molecule has 2 amide bonds. The maximum Gasteiger partial charge on any atom is 0.236 e. The molecule has 3 aromatic rings. The van der Waals surface area contributed by atoms with Gasteiger partial charge in [-0.3, -0.25) is 9.59 Å². The van der Waals surface area contributed by atoms with Crippen molar-refractivity contribution in [3.05, 3.63) is 59.7 Å². The molecule has 2 heterocycles. The fraction of sp³-hybridized carbons (Fsp3) is 0.318. The SMILES string of the molecule is CC(=O)N1CCC(C(=O)Nc2nc3ccc(C)cc3s2)(c2ccccc2)CC1. The topological polar surface area (TPSA) is 62.3 Å². The van der Waals surface area contributed by atoms with Gasteiger partial charge in [0.2, 0.25) is 11.8 Å². The Kier molecular flexibility index (Phi) is 4.89. The van der Waals surface area contributed by atoms with E-state index >= 15 is 0 Å². The molecule has 144 valence electrons. The summed E-state index contributed by atoms with van der Waals surface area (Å²) in [4.78, 5) is 31.6. The van der Waals surface area contributed by atoms with Crippen LogP contribution in [0.3, 0.4) is 0 Å². The van der Waals surface area contributed by atoms with Crippen molar-refractivity contribution in [2.24, 2.45) is 0 Å². The fourth-order valence-electron chi connectivity index (χ4n) is 3.91. The number of benzene rings is 2. The Morgan fingerprint density at radius 2 is 1.82 bits per heavy atom. The van der Waals surface area contributed by atoms with Crippen LogP contribution in [0.25, 0.3) is 10.2 Å². The molecule has 0 radical (unpaired) electrons. The molecule has 1 aliphatic heterocycles. The first-order valence-corrected chi connectivity index (χ1v) is 10.3. The number of hydrogen-bond donors (Lipinski definition) is 1. The fourth-order valence-corrected chi connectivity index (χ4v) is 4.87. The third kappa shape index (κ3) is 3.40. The molecule has 1 N–H and O–H groups in total. The maximum absolute atomic E-state index is 13.5. The molecule has 4 rings (SSSR count). The van der Waals surface area contributed by atoms with E-state index in [1.54, 1.807) is 6.92 Å². The number of carbonyl (C=O) groups excluding carboxylic acids is 2. The summed E-state index contributed by atoms with van der Waals surface area (Å²) in [6.45, 7) is 4.79. The van der Waals surface area contributed by atoms with E-state index < -0.39 is 5.41 Å². The van der Waals surface area contributed by atoms with Crippen LogP contribution in [0, 0.1) is 6.92 Å². The predicted molar refractivity (Wildman–Crippen MR) is 113 cm³/mol. The third-order valence-corrected chi connectivity index (χ3v) is 6.52. The van der Waals surface area contributed by atoms with Crippen molar-refractivity contribution in [1.29, 1.82) is 0 Å². The largest absolute Gasteiger partial charge is 0.343 e. The van der Waals surface area contributed by atoms with Crippen LogP contribution in [0.2, 0.25) is 0 Å². The zero-order chi connectivity index (χ0) is 19.7. The number of rotatable bonds is 3. The Bertz CT molecular complexity index is 1020. The van der Waals surface area contributed by atoms with E-state index in [1.807, 2.05) is 54.3 Å². The molecule has 5 nitrogen and oxygen atoms in total. The molecule has 28 heavy (non-hydrogen) atoms. The van der Waals surface area contributed by atoms with Crippen LogP contribution in [0.15, 0.2) is 48.5 Å². The zero-order valence-electron chi connectivity index (χ0n) is 16.1. The zero-order valence-corrected chi connectivity index (χ0v) is 16.9. The Morgan fingerprint density at radius 3 is 2.50 bits per heavy atom. The van der Waals surface area contributed by atoms with E-state index in [1.165, 1.54) is 16.9 Å². The third-order valence-electron chi connectivity index (χ3n) is 5.59. The van der Waals surface area contributed by atoms with E-state index in [2.05, 4.69) is 16.4 Å². The highest BCUT2D eigenvalue weighted by Gasteiger charge is 2.43. The maximum atomic E-state index is 13.5. The molecule has 0 atom stereocenters. The number of piperidine rings is 1. The number of fused-ring (bicyclic) bond motifs is 1. The molecule has 0 aliphatic carbocycles. The van der Waals surface area contributed by atoms with Gasteiger partial charge in [0, 0.05) is 20.0 Å². The van der Waals surface area contributed by atoms with Crippen molar-refractivity contribution in [2.45, 2.75) is 32.1 Å². The highest BCUT2D eigenvalue weighted by Crippen LogP contribution is 2.37. The molecule has 1 aromatic heterocycles. The Hall–Kier alpha value is -2.73. The average molecular weight is 394 g/mol. The summed E-state index contributed by atoms with van der Waals surface area (Å²) in [5.74, 6) is 0.0151. The molecular weight excluding hydrogens is 370 g/mol. The second-order valence-corrected chi connectivity index (χ2v) is 8.43. The second-order valence-electron chi connectivity index (χ2n) is 7.40. The van der Waals surface area contributed by atoms with Crippen LogP contribution in [-0.4, -0.2) is 34.8 Å². The molecule has 0 saturated carbocycles. The molecule has 2 aromatic carbocycles. The van der Waals surface area contributed by atoms with Crippen molar-refractivity contribution < 1.29 is 9.59 Å². The number of anilines is 1. The summed E-state index contributed by atoms with van der Waals surface area (Å²) in [7, 11) is 0. The lowest BCUT2D eigenvalue weighted by Crippen LogP contribution is -2.50. The minimum atomic E-state index is -0.652. The van der Waals surface area contributed by atoms with Crippen molar-refractivity contribution in [3.8, 4) is 0 Å². The van der Waals surface area contributed by atoms with E-state index in [9.17, 15) is 9.59 Å². The van der Waals surface area contributed by atoms with Crippen LogP contribution in [-0.2, 0) is 15.0 Å². The molecule has 0 bridgehead atoms. The summed E-state index contributed by atoms with van der Waals surface area (Å²) >= 11 is 1.50. The summed E-state index contributed by atoms with van der Waals surface area (Å²) in [5, 5.41) is 3.69. The average Bonchev–Trinajstić information content (AvgIpc) is 3.09. The lowest BCUT2D eigenvalue weighted by Gasteiger charge is -2.40. The summed E-state index contributed by atoms with van der Waals surface area (Å²) in [6, 6.07) is 16.0. The number of hydrogen-bond acceptors (Lipinski definition) is 4. The summed E-state index contributed by atoms with van der Waals surface area (Å²) in [6.07, 6.45) is 1.21. The van der Waals surface area contributed by atoms with Gasteiger partial charge in [0.15, 0.2) is 5.13 Å². The number of nitrogens with one attached hydrogen (secondary N) is 1. The number of aryl methyl sites for hydroxylation is 1. The van der Waals surface area contributed by atoms with Gasteiger partial charge in [-0.15, -0.1) is 0 Å². The van der Waals surface area contributed by atoms with Gasteiger partial charge in [0.05, 0.1) is 15.6 Å². The Labute approximate surface area is 168 Å². The smallest absolute Gasteiger partial charge is 0.236 e. The monoisotopic (exact) mass is 393 g/mol. The first-order chi connectivity index (χ1) is 13.5. The summed E-state index contributed by atoms with van der Waals surface area (Å²) < 4.78 is 1.07. The van der Waals surface area contributed by atoms with E-state index in [0.29, 0.717) is 31.1 Å². The van der Waals surface area contributed by atoms with Crippen molar-refractivity contribution in [2.75, 3.05) is 18.4 Å².